The van der Waals surface area contributed by atoms with Crippen molar-refractivity contribution in [2.24, 2.45) is 0 Å². The van der Waals surface area contributed by atoms with Crippen molar-refractivity contribution in [3.8, 4) is 0 Å². The van der Waals surface area contributed by atoms with Gasteiger partial charge in [0.25, 0.3) is 0 Å². The number of hydrogen-bond acceptors (Lipinski definition) is 1. The van der Waals surface area contributed by atoms with E-state index in [1.165, 1.54) is 30.5 Å². The van der Waals surface area contributed by atoms with Gasteiger partial charge in [0.2, 0.25) is 0 Å². The highest BCUT2D eigenvalue weighted by atomic mass is 14.9. The fourth-order valence-electron chi connectivity index (χ4n) is 1.65. The van der Waals surface area contributed by atoms with Crippen LogP contribution in [0.3, 0.4) is 0 Å². The van der Waals surface area contributed by atoms with E-state index in [1.807, 2.05) is 0 Å². The molecule has 0 spiro atoms. The Morgan fingerprint density at radius 1 is 1.08 bits per heavy atom. The number of benzene rings is 1. The Hall–Kier alpha value is -1.24. The summed E-state index contributed by atoms with van der Waals surface area (Å²) in [5.41, 5.74) is 2.68. The van der Waals surface area contributed by atoms with Gasteiger partial charge in [-0.2, -0.15) is 0 Å². The Morgan fingerprint density at radius 2 is 1.92 bits per heavy atom. The van der Waals surface area contributed by atoms with Crippen molar-refractivity contribution >= 4 is 6.08 Å². The lowest BCUT2D eigenvalue weighted by molar-refractivity contribution is 0.592. The van der Waals surface area contributed by atoms with Gasteiger partial charge in [0, 0.05) is 12.2 Å². The van der Waals surface area contributed by atoms with Crippen LogP contribution in [0.1, 0.15) is 24.8 Å². The summed E-state index contributed by atoms with van der Waals surface area (Å²) < 4.78 is 0. The highest BCUT2D eigenvalue weighted by Gasteiger charge is 2.02. The molecule has 0 radical (unpaired) electrons. The van der Waals surface area contributed by atoms with Crippen LogP contribution in [0.5, 0.6) is 0 Å². The lowest BCUT2D eigenvalue weighted by atomic mass is 10.1. The maximum Gasteiger partial charge on any atom is 0.0144 e. The summed E-state index contributed by atoms with van der Waals surface area (Å²) in [6.45, 7) is 1.14. The van der Waals surface area contributed by atoms with E-state index in [2.05, 4.69) is 41.7 Å². The molecule has 0 amide bonds. The zero-order valence-electron chi connectivity index (χ0n) is 7.79. The molecule has 1 aliphatic heterocycles. The molecule has 1 heteroatoms. The first-order valence-corrected chi connectivity index (χ1v) is 4.95. The fourth-order valence-corrected chi connectivity index (χ4v) is 1.65. The van der Waals surface area contributed by atoms with Crippen molar-refractivity contribution < 1.29 is 0 Å². The quantitative estimate of drug-likeness (QED) is 0.688. The first-order valence-electron chi connectivity index (χ1n) is 4.95. The van der Waals surface area contributed by atoms with Gasteiger partial charge >= 0.3 is 0 Å². The van der Waals surface area contributed by atoms with Crippen LogP contribution in [0.4, 0.5) is 0 Å². The predicted octanol–water partition coefficient (Wildman–Crippen LogP) is 2.80. The minimum absolute atomic E-state index is 1.14. The Kier molecular flexibility index (Phi) is 2.65. The molecule has 0 saturated carbocycles. The summed E-state index contributed by atoms with van der Waals surface area (Å²) >= 11 is 0. The zero-order chi connectivity index (χ0) is 8.93. The summed E-state index contributed by atoms with van der Waals surface area (Å²) in [6, 6.07) is 10.5. The topological polar surface area (TPSA) is 12.0 Å². The van der Waals surface area contributed by atoms with Crippen LogP contribution in [0.25, 0.3) is 6.08 Å². The third kappa shape index (κ3) is 2.35. The Labute approximate surface area is 79.5 Å². The van der Waals surface area contributed by atoms with E-state index in [1.54, 1.807) is 0 Å². The Balaban J connectivity index is 2.10. The van der Waals surface area contributed by atoms with Gasteiger partial charge in [0.05, 0.1) is 0 Å². The van der Waals surface area contributed by atoms with Crippen LogP contribution in [-0.4, -0.2) is 6.54 Å². The van der Waals surface area contributed by atoms with E-state index in [0.717, 1.165) is 6.54 Å². The molecule has 1 aromatic carbocycles. The molecule has 1 aromatic rings. The molecule has 0 bridgehead atoms. The van der Waals surface area contributed by atoms with Crippen LogP contribution < -0.4 is 5.32 Å². The van der Waals surface area contributed by atoms with Crippen LogP contribution >= 0.6 is 0 Å². The second kappa shape index (κ2) is 4.13. The molecule has 1 saturated heterocycles. The van der Waals surface area contributed by atoms with Gasteiger partial charge in [-0.15, -0.1) is 0 Å². The van der Waals surface area contributed by atoms with Crippen molar-refractivity contribution in [1.82, 2.24) is 5.32 Å². The largest absolute Gasteiger partial charge is 0.388 e. The molecule has 1 fully saturated rings. The average molecular weight is 173 g/mol. The predicted molar refractivity (Wildman–Crippen MR) is 56.3 cm³/mol. The first-order chi connectivity index (χ1) is 6.45. The van der Waals surface area contributed by atoms with Crippen molar-refractivity contribution in [3.63, 3.8) is 0 Å². The normalized spacial score (nSPS) is 19.8. The van der Waals surface area contributed by atoms with Crippen molar-refractivity contribution in [2.75, 3.05) is 6.54 Å². The summed E-state index contributed by atoms with van der Waals surface area (Å²) in [6.07, 6.45) is 6.09. The molecular weight excluding hydrogens is 158 g/mol. The molecule has 2 rings (SSSR count). The van der Waals surface area contributed by atoms with Gasteiger partial charge in [0.1, 0.15) is 0 Å². The van der Waals surface area contributed by atoms with E-state index < -0.39 is 0 Å². The SMILES string of the molecule is C(=C1\CCCCN1)/c1ccccc1. The summed E-state index contributed by atoms with van der Waals surface area (Å²) in [5, 5.41) is 3.43. The highest BCUT2D eigenvalue weighted by molar-refractivity contribution is 5.52. The van der Waals surface area contributed by atoms with Gasteiger partial charge in [0.15, 0.2) is 0 Å². The second-order valence-corrected chi connectivity index (χ2v) is 3.46. The minimum Gasteiger partial charge on any atom is -0.388 e. The summed E-state index contributed by atoms with van der Waals surface area (Å²) in [7, 11) is 0. The lowest BCUT2D eigenvalue weighted by Crippen LogP contribution is -2.19. The number of hydrogen-bond donors (Lipinski definition) is 1. The molecule has 0 atom stereocenters. The molecule has 0 aromatic heterocycles. The third-order valence-corrected chi connectivity index (χ3v) is 2.37. The molecule has 0 unspecified atom stereocenters. The van der Waals surface area contributed by atoms with Gasteiger partial charge in [-0.25, -0.2) is 0 Å². The van der Waals surface area contributed by atoms with Crippen LogP contribution in [0.15, 0.2) is 36.0 Å². The number of allylic oxidation sites excluding steroid dienone is 1. The number of nitrogens with one attached hydrogen (secondary N) is 1. The van der Waals surface area contributed by atoms with Gasteiger partial charge in [-0.3, -0.25) is 0 Å². The first kappa shape index (κ1) is 8.36. The minimum atomic E-state index is 1.14. The Bertz CT molecular complexity index is 279. The molecule has 13 heavy (non-hydrogen) atoms. The maximum absolute atomic E-state index is 3.43. The zero-order valence-corrected chi connectivity index (χ0v) is 7.79. The van der Waals surface area contributed by atoms with Crippen LogP contribution in [-0.2, 0) is 0 Å². The molecular formula is C12H15N. The second-order valence-electron chi connectivity index (χ2n) is 3.46. The number of piperidine rings is 1. The summed E-state index contributed by atoms with van der Waals surface area (Å²) in [5.74, 6) is 0. The fraction of sp³-hybridized carbons (Fsp3) is 0.333. The van der Waals surface area contributed by atoms with Crippen molar-refractivity contribution in [1.29, 1.82) is 0 Å². The van der Waals surface area contributed by atoms with E-state index >= 15 is 0 Å². The van der Waals surface area contributed by atoms with E-state index in [-0.39, 0.29) is 0 Å². The van der Waals surface area contributed by atoms with Gasteiger partial charge < -0.3 is 5.32 Å². The van der Waals surface area contributed by atoms with E-state index in [4.69, 9.17) is 0 Å². The van der Waals surface area contributed by atoms with E-state index in [0.29, 0.717) is 0 Å². The summed E-state index contributed by atoms with van der Waals surface area (Å²) in [4.78, 5) is 0. The molecule has 1 aliphatic rings. The lowest BCUT2D eigenvalue weighted by Gasteiger charge is -2.16. The smallest absolute Gasteiger partial charge is 0.0144 e. The molecule has 0 aliphatic carbocycles. The Morgan fingerprint density at radius 3 is 2.62 bits per heavy atom. The van der Waals surface area contributed by atoms with E-state index in [9.17, 15) is 0 Å². The van der Waals surface area contributed by atoms with Crippen LogP contribution in [0.2, 0.25) is 0 Å². The molecule has 1 nitrogen and oxygen atoms in total. The van der Waals surface area contributed by atoms with Gasteiger partial charge in [-0.1, -0.05) is 30.3 Å². The maximum atomic E-state index is 3.43. The molecule has 1 heterocycles. The third-order valence-electron chi connectivity index (χ3n) is 2.37. The monoisotopic (exact) mass is 173 g/mol. The number of rotatable bonds is 1. The van der Waals surface area contributed by atoms with Crippen molar-refractivity contribution in [3.05, 3.63) is 41.6 Å². The molecule has 1 N–H and O–H groups in total. The highest BCUT2D eigenvalue weighted by Crippen LogP contribution is 2.13. The average Bonchev–Trinajstić information content (AvgIpc) is 2.21. The molecule has 68 valence electrons. The van der Waals surface area contributed by atoms with Gasteiger partial charge in [-0.05, 0) is 30.9 Å². The standard InChI is InChI=1S/C12H15N/c1-2-6-11(7-3-1)10-12-8-4-5-9-13-12/h1-3,6-7,10,13H,4-5,8-9H2/b12-10-. The van der Waals surface area contributed by atoms with Crippen molar-refractivity contribution in [2.45, 2.75) is 19.3 Å². The van der Waals surface area contributed by atoms with Crippen LogP contribution in [0, 0.1) is 0 Å².